The van der Waals surface area contributed by atoms with Crippen LogP contribution in [0, 0.1) is 6.92 Å². The molecular formula is C17H17F3N2O2. The summed E-state index contributed by atoms with van der Waals surface area (Å²) in [6.45, 7) is 3.68. The molecular weight excluding hydrogens is 321 g/mol. The van der Waals surface area contributed by atoms with Gasteiger partial charge in [0.25, 0.3) is 5.91 Å². The van der Waals surface area contributed by atoms with Crippen molar-refractivity contribution in [3.05, 3.63) is 58.9 Å². The number of carbonyl (C=O) groups is 1. The van der Waals surface area contributed by atoms with Crippen LogP contribution in [0.2, 0.25) is 0 Å². The fourth-order valence-electron chi connectivity index (χ4n) is 2.25. The first-order chi connectivity index (χ1) is 11.2. The molecule has 2 aromatic rings. The zero-order valence-electron chi connectivity index (χ0n) is 13.4. The Kier molecular flexibility index (Phi) is 5.11. The molecule has 1 atom stereocenters. The zero-order chi connectivity index (χ0) is 17.9. The molecule has 1 heterocycles. The Morgan fingerprint density at radius 2 is 1.96 bits per heavy atom. The van der Waals surface area contributed by atoms with Crippen LogP contribution in [0.5, 0.6) is 5.75 Å². The number of hydrogen-bond acceptors (Lipinski definition) is 3. The Bertz CT molecular complexity index is 728. The summed E-state index contributed by atoms with van der Waals surface area (Å²) in [7, 11) is 1.53. The van der Waals surface area contributed by atoms with Gasteiger partial charge in [-0.15, -0.1) is 0 Å². The van der Waals surface area contributed by atoms with E-state index in [1.165, 1.54) is 7.11 Å². The van der Waals surface area contributed by atoms with Crippen molar-refractivity contribution in [1.82, 2.24) is 10.3 Å². The maximum atomic E-state index is 12.5. The quantitative estimate of drug-likeness (QED) is 0.920. The number of alkyl halides is 3. The number of nitrogens with one attached hydrogen (secondary N) is 1. The molecule has 0 bridgehead atoms. The van der Waals surface area contributed by atoms with E-state index in [-0.39, 0.29) is 11.6 Å². The van der Waals surface area contributed by atoms with E-state index in [1.807, 2.05) is 19.1 Å². The number of nitrogens with zero attached hydrogens (tertiary/aromatic N) is 1. The monoisotopic (exact) mass is 338 g/mol. The molecule has 0 fully saturated rings. The summed E-state index contributed by atoms with van der Waals surface area (Å²) < 4.78 is 42.8. The second-order valence-electron chi connectivity index (χ2n) is 5.37. The molecule has 4 nitrogen and oxygen atoms in total. The van der Waals surface area contributed by atoms with E-state index in [0.29, 0.717) is 5.75 Å². The van der Waals surface area contributed by atoms with Gasteiger partial charge in [0.1, 0.15) is 11.4 Å². The number of benzene rings is 1. The van der Waals surface area contributed by atoms with Crippen LogP contribution in [0.25, 0.3) is 0 Å². The summed E-state index contributed by atoms with van der Waals surface area (Å²) in [4.78, 5) is 15.5. The van der Waals surface area contributed by atoms with Crippen molar-refractivity contribution < 1.29 is 22.7 Å². The minimum absolute atomic E-state index is 0.0569. The van der Waals surface area contributed by atoms with Crippen molar-refractivity contribution in [2.75, 3.05) is 7.11 Å². The van der Waals surface area contributed by atoms with Crippen LogP contribution in [-0.2, 0) is 6.18 Å². The van der Waals surface area contributed by atoms with E-state index in [4.69, 9.17) is 4.74 Å². The van der Waals surface area contributed by atoms with Crippen LogP contribution in [0.3, 0.4) is 0 Å². The molecule has 1 aromatic carbocycles. The predicted octanol–water partition coefficient (Wildman–Crippen LogP) is 3.91. The highest BCUT2D eigenvalue weighted by Gasteiger charge is 2.32. The molecule has 0 aliphatic rings. The van der Waals surface area contributed by atoms with Crippen LogP contribution >= 0.6 is 0 Å². The summed E-state index contributed by atoms with van der Waals surface area (Å²) in [5.41, 5.74) is 0.808. The molecule has 2 rings (SSSR count). The third kappa shape index (κ3) is 4.04. The molecule has 0 aliphatic heterocycles. The number of carbonyl (C=O) groups excluding carboxylic acids is 1. The average Bonchev–Trinajstić information content (AvgIpc) is 2.54. The second-order valence-corrected chi connectivity index (χ2v) is 5.37. The van der Waals surface area contributed by atoms with E-state index < -0.39 is 17.8 Å². The standard InChI is InChI=1S/C17H17F3N2O2/c1-10-4-6-14(24-3)13(8-10)11(2)22-16(23)12-5-7-15(21-9-12)17(18,19)20/h4-9,11H,1-3H3,(H,22,23). The Morgan fingerprint density at radius 1 is 1.25 bits per heavy atom. The van der Waals surface area contributed by atoms with Crippen LogP contribution in [0.4, 0.5) is 13.2 Å². The van der Waals surface area contributed by atoms with Crippen molar-refractivity contribution in [2.45, 2.75) is 26.1 Å². The summed E-state index contributed by atoms with van der Waals surface area (Å²) in [6, 6.07) is 7.08. The number of rotatable bonds is 4. The molecule has 1 aromatic heterocycles. The summed E-state index contributed by atoms with van der Waals surface area (Å²) in [5.74, 6) is 0.117. The first-order valence-electron chi connectivity index (χ1n) is 7.21. The van der Waals surface area contributed by atoms with Gasteiger partial charge in [-0.05, 0) is 32.0 Å². The normalized spacial score (nSPS) is 12.6. The third-order valence-electron chi connectivity index (χ3n) is 3.52. The number of aryl methyl sites for hydroxylation is 1. The van der Waals surface area contributed by atoms with Gasteiger partial charge in [0.2, 0.25) is 0 Å². The number of hydrogen-bond donors (Lipinski definition) is 1. The van der Waals surface area contributed by atoms with Gasteiger partial charge in [-0.25, -0.2) is 0 Å². The predicted molar refractivity (Wildman–Crippen MR) is 82.9 cm³/mol. The van der Waals surface area contributed by atoms with Crippen LogP contribution in [0.1, 0.15) is 40.1 Å². The molecule has 1 N–H and O–H groups in total. The van der Waals surface area contributed by atoms with Gasteiger partial charge in [0.15, 0.2) is 0 Å². The molecule has 7 heteroatoms. The Hall–Kier alpha value is -2.57. The largest absolute Gasteiger partial charge is 0.496 e. The minimum Gasteiger partial charge on any atom is -0.496 e. The van der Waals surface area contributed by atoms with Gasteiger partial charge >= 0.3 is 6.18 Å². The van der Waals surface area contributed by atoms with Crippen LogP contribution in [-0.4, -0.2) is 18.0 Å². The maximum absolute atomic E-state index is 12.5. The first-order valence-corrected chi connectivity index (χ1v) is 7.21. The van der Waals surface area contributed by atoms with Gasteiger partial charge in [-0.2, -0.15) is 13.2 Å². The van der Waals surface area contributed by atoms with Gasteiger partial charge in [0, 0.05) is 11.8 Å². The Labute approximate surface area is 137 Å². The molecule has 0 spiro atoms. The lowest BCUT2D eigenvalue weighted by Gasteiger charge is -2.18. The zero-order valence-corrected chi connectivity index (χ0v) is 13.4. The highest BCUT2D eigenvalue weighted by Crippen LogP contribution is 2.28. The lowest BCUT2D eigenvalue weighted by molar-refractivity contribution is -0.141. The van der Waals surface area contributed by atoms with Crippen molar-refractivity contribution in [3.8, 4) is 5.75 Å². The highest BCUT2D eigenvalue weighted by molar-refractivity contribution is 5.94. The fraction of sp³-hybridized carbons (Fsp3) is 0.294. The lowest BCUT2D eigenvalue weighted by atomic mass is 10.0. The number of aromatic nitrogens is 1. The van der Waals surface area contributed by atoms with E-state index in [2.05, 4.69) is 10.3 Å². The molecule has 0 aliphatic carbocycles. The first kappa shape index (κ1) is 17.8. The van der Waals surface area contributed by atoms with Crippen LogP contribution in [0.15, 0.2) is 36.5 Å². The van der Waals surface area contributed by atoms with E-state index >= 15 is 0 Å². The molecule has 1 unspecified atom stereocenters. The summed E-state index contributed by atoms with van der Waals surface area (Å²) in [5, 5.41) is 2.73. The smallest absolute Gasteiger partial charge is 0.433 e. The van der Waals surface area contributed by atoms with Gasteiger partial charge in [-0.1, -0.05) is 17.7 Å². The maximum Gasteiger partial charge on any atom is 0.433 e. The molecule has 1 amide bonds. The van der Waals surface area contributed by atoms with E-state index in [9.17, 15) is 18.0 Å². The van der Waals surface area contributed by atoms with Gasteiger partial charge in [0.05, 0.1) is 18.7 Å². The minimum atomic E-state index is -4.53. The average molecular weight is 338 g/mol. The molecule has 0 saturated carbocycles. The topological polar surface area (TPSA) is 51.2 Å². The van der Waals surface area contributed by atoms with E-state index in [1.54, 1.807) is 13.0 Å². The summed E-state index contributed by atoms with van der Waals surface area (Å²) in [6.07, 6.45) is -3.62. The van der Waals surface area contributed by atoms with E-state index in [0.717, 1.165) is 29.5 Å². The molecule has 0 saturated heterocycles. The van der Waals surface area contributed by atoms with Crippen molar-refractivity contribution >= 4 is 5.91 Å². The number of halogens is 3. The fourth-order valence-corrected chi connectivity index (χ4v) is 2.25. The van der Waals surface area contributed by atoms with Crippen molar-refractivity contribution in [1.29, 1.82) is 0 Å². The number of methoxy groups -OCH3 is 1. The molecule has 128 valence electrons. The Balaban J connectivity index is 2.16. The number of ether oxygens (including phenoxy) is 1. The Morgan fingerprint density at radius 3 is 2.50 bits per heavy atom. The lowest BCUT2D eigenvalue weighted by Crippen LogP contribution is -2.27. The van der Waals surface area contributed by atoms with Crippen LogP contribution < -0.4 is 10.1 Å². The van der Waals surface area contributed by atoms with Gasteiger partial charge < -0.3 is 10.1 Å². The molecule has 0 radical (unpaired) electrons. The summed E-state index contributed by atoms with van der Waals surface area (Å²) >= 11 is 0. The number of amides is 1. The van der Waals surface area contributed by atoms with Crippen molar-refractivity contribution in [2.24, 2.45) is 0 Å². The third-order valence-corrected chi connectivity index (χ3v) is 3.52. The second kappa shape index (κ2) is 6.90. The molecule has 24 heavy (non-hydrogen) atoms. The van der Waals surface area contributed by atoms with Crippen molar-refractivity contribution in [3.63, 3.8) is 0 Å². The number of pyridine rings is 1. The highest BCUT2D eigenvalue weighted by atomic mass is 19.4. The SMILES string of the molecule is COc1ccc(C)cc1C(C)NC(=O)c1ccc(C(F)(F)F)nc1. The van der Waals surface area contributed by atoms with Gasteiger partial charge in [-0.3, -0.25) is 9.78 Å².